The Kier molecular flexibility index (Phi) is 29.5. The smallest absolute Gasteiger partial charge is 1.00 e. The van der Waals surface area contributed by atoms with Gasteiger partial charge in [-0.25, -0.2) is 0 Å². The Hall–Kier alpha value is 2.06. The molecule has 0 atom stereocenters. The summed E-state index contributed by atoms with van der Waals surface area (Å²) in [6.45, 7) is 28.2. The molecule has 0 saturated carbocycles. The maximum absolute atomic E-state index is 2.35. The Balaban J connectivity index is -0.0000000831. The SMILES string of the molecule is CC(C)P(C(C)C)C(C)C.CC(C)P(C(C)C)C(C)C.[Cl-].[Cl-].[Ru+2]. The molecular formula is C18H42Cl2P2Ru. The van der Waals surface area contributed by atoms with Crippen LogP contribution in [-0.2, 0) is 19.5 Å². The van der Waals surface area contributed by atoms with Crippen LogP contribution in [0.5, 0.6) is 0 Å². The summed E-state index contributed by atoms with van der Waals surface area (Å²) < 4.78 is 0. The fourth-order valence-corrected chi connectivity index (χ4v) is 10.7. The first-order valence-corrected chi connectivity index (χ1v) is 11.6. The van der Waals surface area contributed by atoms with Gasteiger partial charge >= 0.3 is 19.5 Å². The van der Waals surface area contributed by atoms with Gasteiger partial charge in [-0.1, -0.05) is 98.9 Å². The van der Waals surface area contributed by atoms with Crippen LogP contribution in [0, 0.1) is 0 Å². The second kappa shape index (κ2) is 18.8. The van der Waals surface area contributed by atoms with Crippen LogP contribution < -0.4 is 24.8 Å². The Morgan fingerprint density at radius 3 is 0.435 bits per heavy atom. The largest absolute Gasteiger partial charge is 2.00 e. The standard InChI is InChI=1S/2C9H21P.2ClH.Ru/c2*1-7(2)10(8(3)4)9(5)6;;;/h2*7-9H,1-6H3;2*1H;/q;;;;+2/p-2. The van der Waals surface area contributed by atoms with E-state index in [9.17, 15) is 0 Å². The van der Waals surface area contributed by atoms with Crippen molar-refractivity contribution in [3.63, 3.8) is 0 Å². The van der Waals surface area contributed by atoms with E-state index in [1.54, 1.807) is 0 Å². The zero-order valence-corrected chi connectivity index (χ0v) is 22.5. The predicted octanol–water partition coefficient (Wildman–Crippen LogP) is 1.39. The third-order valence-corrected chi connectivity index (χ3v) is 10.7. The molecule has 5 heteroatoms. The summed E-state index contributed by atoms with van der Waals surface area (Å²) in [5.74, 6) is 0. The number of hydrogen-bond acceptors (Lipinski definition) is 0. The van der Waals surface area contributed by atoms with Gasteiger partial charge in [0.1, 0.15) is 0 Å². The van der Waals surface area contributed by atoms with Gasteiger partial charge in [-0.15, -0.1) is 0 Å². The molecule has 0 amide bonds. The minimum Gasteiger partial charge on any atom is -1.00 e. The summed E-state index contributed by atoms with van der Waals surface area (Å²) in [5.41, 5.74) is 5.39. The van der Waals surface area contributed by atoms with Gasteiger partial charge < -0.3 is 24.8 Å². The molecule has 0 aromatic heterocycles. The maximum Gasteiger partial charge on any atom is 2.00 e. The molecule has 0 aromatic rings. The molecule has 0 spiro atoms. The van der Waals surface area contributed by atoms with Crippen molar-refractivity contribution >= 4 is 15.8 Å². The first kappa shape index (κ1) is 36.1. The van der Waals surface area contributed by atoms with Crippen LogP contribution in [0.4, 0.5) is 0 Å². The van der Waals surface area contributed by atoms with Gasteiger partial charge in [-0.05, 0) is 34.0 Å². The van der Waals surface area contributed by atoms with Crippen LogP contribution in [0.3, 0.4) is 0 Å². The molecule has 0 N–H and O–H groups in total. The van der Waals surface area contributed by atoms with E-state index in [0.717, 1.165) is 34.0 Å². The Bertz CT molecular complexity index is 171. The quantitative estimate of drug-likeness (QED) is 0.389. The van der Waals surface area contributed by atoms with Crippen molar-refractivity contribution in [3.8, 4) is 0 Å². The van der Waals surface area contributed by atoms with Gasteiger partial charge in [0.15, 0.2) is 0 Å². The van der Waals surface area contributed by atoms with Crippen molar-refractivity contribution in [1.29, 1.82) is 0 Å². The predicted molar refractivity (Wildman–Crippen MR) is 105 cm³/mol. The second-order valence-corrected chi connectivity index (χ2v) is 15.4. The molecule has 0 aliphatic carbocycles. The van der Waals surface area contributed by atoms with E-state index in [1.807, 2.05) is 0 Å². The first-order valence-electron chi connectivity index (χ1n) is 8.48. The molecule has 0 fully saturated rings. The molecular weight excluding hydrogens is 450 g/mol. The van der Waals surface area contributed by atoms with Crippen molar-refractivity contribution in [2.75, 3.05) is 0 Å². The molecule has 0 heterocycles. The van der Waals surface area contributed by atoms with Crippen LogP contribution >= 0.6 is 15.8 Å². The van der Waals surface area contributed by atoms with E-state index in [4.69, 9.17) is 0 Å². The fraction of sp³-hybridized carbons (Fsp3) is 1.00. The molecule has 0 unspecified atom stereocenters. The molecule has 0 bridgehead atoms. The average Bonchev–Trinajstić information content (AvgIpc) is 2.12. The molecule has 0 aromatic carbocycles. The first-order chi connectivity index (χ1) is 8.93. The third-order valence-electron chi connectivity index (χ3n) is 3.58. The van der Waals surface area contributed by atoms with Crippen LogP contribution in [0.25, 0.3) is 0 Å². The van der Waals surface area contributed by atoms with Gasteiger partial charge in [0.2, 0.25) is 0 Å². The molecule has 0 aliphatic rings. The van der Waals surface area contributed by atoms with Crippen molar-refractivity contribution in [2.45, 2.75) is 117 Å². The van der Waals surface area contributed by atoms with Gasteiger partial charge in [0.05, 0.1) is 0 Å². The summed E-state index contributed by atoms with van der Waals surface area (Å²) in [4.78, 5) is 0. The Morgan fingerprint density at radius 1 is 0.348 bits per heavy atom. The minimum atomic E-state index is 0. The van der Waals surface area contributed by atoms with E-state index in [1.165, 1.54) is 0 Å². The minimum absolute atomic E-state index is 0. The summed E-state index contributed by atoms with van der Waals surface area (Å²) in [5, 5.41) is 0. The topological polar surface area (TPSA) is 0 Å². The van der Waals surface area contributed by atoms with Gasteiger partial charge in [-0.3, -0.25) is 0 Å². The molecule has 0 rings (SSSR count). The van der Waals surface area contributed by atoms with E-state index < -0.39 is 0 Å². The summed E-state index contributed by atoms with van der Waals surface area (Å²) >= 11 is 0. The number of halogens is 2. The third kappa shape index (κ3) is 17.2. The molecule has 0 nitrogen and oxygen atoms in total. The normalized spacial score (nSPS) is 11.0. The number of hydrogen-bond donors (Lipinski definition) is 0. The molecule has 23 heavy (non-hydrogen) atoms. The fourth-order valence-electron chi connectivity index (χ4n) is 3.58. The van der Waals surface area contributed by atoms with Crippen LogP contribution in [0.15, 0.2) is 0 Å². The van der Waals surface area contributed by atoms with Crippen molar-refractivity contribution < 1.29 is 44.3 Å². The molecule has 0 radical (unpaired) electrons. The Morgan fingerprint density at radius 2 is 0.435 bits per heavy atom. The monoisotopic (exact) mass is 492 g/mol. The van der Waals surface area contributed by atoms with Crippen molar-refractivity contribution in [3.05, 3.63) is 0 Å². The summed E-state index contributed by atoms with van der Waals surface area (Å²) in [7, 11) is 0.525. The van der Waals surface area contributed by atoms with Crippen LogP contribution in [0.1, 0.15) is 83.1 Å². The molecule has 0 saturated heterocycles. The van der Waals surface area contributed by atoms with Crippen molar-refractivity contribution in [1.82, 2.24) is 0 Å². The maximum atomic E-state index is 2.35. The van der Waals surface area contributed by atoms with Gasteiger partial charge in [0, 0.05) is 0 Å². The Labute approximate surface area is 176 Å². The van der Waals surface area contributed by atoms with E-state index >= 15 is 0 Å². The molecule has 146 valence electrons. The van der Waals surface area contributed by atoms with E-state index in [0.29, 0.717) is 0 Å². The zero-order valence-electron chi connectivity index (χ0n) is 17.5. The van der Waals surface area contributed by atoms with Crippen LogP contribution in [-0.4, -0.2) is 34.0 Å². The molecule has 0 aliphatic heterocycles. The second-order valence-electron chi connectivity index (χ2n) is 7.46. The van der Waals surface area contributed by atoms with Gasteiger partial charge in [0.25, 0.3) is 0 Å². The van der Waals surface area contributed by atoms with Gasteiger partial charge in [-0.2, -0.15) is 0 Å². The summed E-state index contributed by atoms with van der Waals surface area (Å²) in [6.07, 6.45) is 0. The van der Waals surface area contributed by atoms with E-state index in [2.05, 4.69) is 83.1 Å². The zero-order chi connectivity index (χ0) is 16.6. The van der Waals surface area contributed by atoms with E-state index in [-0.39, 0.29) is 60.1 Å². The van der Waals surface area contributed by atoms with Crippen molar-refractivity contribution in [2.24, 2.45) is 0 Å². The summed E-state index contributed by atoms with van der Waals surface area (Å²) in [6, 6.07) is 0. The number of rotatable bonds is 6. The average molecular weight is 492 g/mol. The van der Waals surface area contributed by atoms with Crippen LogP contribution in [0.2, 0.25) is 0 Å².